The Labute approximate surface area is 92.2 Å². The first-order valence-electron chi connectivity index (χ1n) is 4.28. The zero-order valence-corrected chi connectivity index (χ0v) is 9.44. The molecule has 15 heavy (non-hydrogen) atoms. The average Bonchev–Trinajstić information content (AvgIpc) is 2.20. The van der Waals surface area contributed by atoms with Crippen molar-refractivity contribution in [3.63, 3.8) is 0 Å². The first kappa shape index (κ1) is 11.9. The van der Waals surface area contributed by atoms with Gasteiger partial charge in [0.15, 0.2) is 0 Å². The molecule has 0 N–H and O–H groups in total. The van der Waals surface area contributed by atoms with Crippen LogP contribution in [0.25, 0.3) is 0 Å². The monoisotopic (exact) mass is 232 g/mol. The molecule has 0 fully saturated rings. The fourth-order valence-corrected chi connectivity index (χ4v) is 1.50. The molecule has 0 atom stereocenters. The minimum absolute atomic E-state index is 0.0782. The standard InChI is InChI=1S/C10H11ClF2N2/c1-6-7(12)4-8(9(11)10(6)13)15(3)5-14-2/h4-5H,1-3H3. The molecule has 1 rings (SSSR count). The molecule has 0 saturated heterocycles. The fraction of sp³-hybridized carbons (Fsp3) is 0.300. The summed E-state index contributed by atoms with van der Waals surface area (Å²) in [5, 5.41) is -0.101. The minimum atomic E-state index is -0.733. The Morgan fingerprint density at radius 2 is 2.07 bits per heavy atom. The minimum Gasteiger partial charge on any atom is -0.334 e. The van der Waals surface area contributed by atoms with Crippen LogP contribution in [0, 0.1) is 18.6 Å². The highest BCUT2D eigenvalue weighted by Crippen LogP contribution is 2.30. The van der Waals surface area contributed by atoms with Crippen LogP contribution in [-0.4, -0.2) is 20.4 Å². The number of halogens is 3. The molecule has 0 saturated carbocycles. The summed E-state index contributed by atoms with van der Waals surface area (Å²) >= 11 is 5.76. The number of rotatable bonds is 2. The van der Waals surface area contributed by atoms with Crippen LogP contribution in [0.4, 0.5) is 14.5 Å². The van der Waals surface area contributed by atoms with Gasteiger partial charge >= 0.3 is 0 Å². The van der Waals surface area contributed by atoms with E-state index in [2.05, 4.69) is 4.99 Å². The lowest BCUT2D eigenvalue weighted by Crippen LogP contribution is -2.15. The van der Waals surface area contributed by atoms with Crippen molar-refractivity contribution in [2.75, 3.05) is 19.0 Å². The quantitative estimate of drug-likeness (QED) is 0.435. The Kier molecular flexibility index (Phi) is 3.63. The van der Waals surface area contributed by atoms with Crippen LogP contribution < -0.4 is 4.90 Å². The lowest BCUT2D eigenvalue weighted by molar-refractivity contribution is 0.569. The average molecular weight is 233 g/mol. The van der Waals surface area contributed by atoms with Crippen LogP contribution in [-0.2, 0) is 0 Å². The molecule has 0 aliphatic heterocycles. The molecule has 0 spiro atoms. The number of nitrogens with zero attached hydrogens (tertiary/aromatic N) is 2. The molecule has 1 aromatic rings. The molecule has 0 bridgehead atoms. The number of anilines is 1. The van der Waals surface area contributed by atoms with Crippen molar-refractivity contribution in [2.45, 2.75) is 6.92 Å². The molecule has 0 radical (unpaired) electrons. The topological polar surface area (TPSA) is 15.6 Å². The summed E-state index contributed by atoms with van der Waals surface area (Å²) in [7, 11) is 3.17. The first-order valence-corrected chi connectivity index (χ1v) is 4.66. The molecule has 5 heteroatoms. The van der Waals surface area contributed by atoms with Gasteiger partial charge in [0.25, 0.3) is 0 Å². The van der Waals surface area contributed by atoms with Crippen LogP contribution in [0.3, 0.4) is 0 Å². The van der Waals surface area contributed by atoms with E-state index in [1.54, 1.807) is 14.1 Å². The second-order valence-corrected chi connectivity index (χ2v) is 3.49. The van der Waals surface area contributed by atoms with Crippen molar-refractivity contribution >= 4 is 23.6 Å². The van der Waals surface area contributed by atoms with E-state index in [9.17, 15) is 8.78 Å². The molecule has 0 unspecified atom stereocenters. The lowest BCUT2D eigenvalue weighted by atomic mass is 10.2. The Balaban J connectivity index is 3.31. The number of benzene rings is 1. The van der Waals surface area contributed by atoms with Gasteiger partial charge in [0.2, 0.25) is 0 Å². The van der Waals surface area contributed by atoms with Crippen LogP contribution in [0.2, 0.25) is 5.02 Å². The molecule has 0 heterocycles. The Morgan fingerprint density at radius 3 is 2.60 bits per heavy atom. The van der Waals surface area contributed by atoms with E-state index in [0.717, 1.165) is 0 Å². The zero-order chi connectivity index (χ0) is 11.6. The third-order valence-corrected chi connectivity index (χ3v) is 2.40. The van der Waals surface area contributed by atoms with Crippen LogP contribution in [0.15, 0.2) is 11.1 Å². The number of hydrogen-bond acceptors (Lipinski definition) is 1. The van der Waals surface area contributed by atoms with Crippen molar-refractivity contribution < 1.29 is 8.78 Å². The molecule has 0 aliphatic carbocycles. The number of hydrogen-bond donors (Lipinski definition) is 0. The molecule has 0 amide bonds. The fourth-order valence-electron chi connectivity index (χ4n) is 1.17. The maximum Gasteiger partial charge on any atom is 0.149 e. The van der Waals surface area contributed by atoms with E-state index in [4.69, 9.17) is 11.6 Å². The van der Waals surface area contributed by atoms with Crippen molar-refractivity contribution in [1.29, 1.82) is 0 Å². The highest BCUT2D eigenvalue weighted by molar-refractivity contribution is 6.33. The van der Waals surface area contributed by atoms with Crippen LogP contribution in [0.5, 0.6) is 0 Å². The summed E-state index contributed by atoms with van der Waals surface area (Å²) in [4.78, 5) is 5.18. The Morgan fingerprint density at radius 1 is 1.47 bits per heavy atom. The van der Waals surface area contributed by atoms with Crippen molar-refractivity contribution in [2.24, 2.45) is 4.99 Å². The van der Waals surface area contributed by atoms with Gasteiger partial charge in [0.05, 0.1) is 12.0 Å². The highest BCUT2D eigenvalue weighted by Gasteiger charge is 2.15. The molecule has 1 aromatic carbocycles. The Hall–Kier alpha value is -1.16. The number of aliphatic imine (C=N–C) groups is 1. The molecule has 2 nitrogen and oxygen atoms in total. The normalized spacial score (nSPS) is 11.1. The van der Waals surface area contributed by atoms with Gasteiger partial charge < -0.3 is 4.90 Å². The lowest BCUT2D eigenvalue weighted by Gasteiger charge is -2.16. The second-order valence-electron chi connectivity index (χ2n) is 3.12. The van der Waals surface area contributed by atoms with E-state index in [1.165, 1.54) is 24.2 Å². The highest BCUT2D eigenvalue weighted by atomic mass is 35.5. The van der Waals surface area contributed by atoms with Gasteiger partial charge in [0.1, 0.15) is 16.7 Å². The maximum absolute atomic E-state index is 13.4. The maximum atomic E-state index is 13.4. The molecule has 0 aliphatic rings. The SMILES string of the molecule is CN=CN(C)c1cc(F)c(C)c(F)c1Cl. The first-order chi connectivity index (χ1) is 6.99. The molecular weight excluding hydrogens is 222 g/mol. The summed E-state index contributed by atoms with van der Waals surface area (Å²) in [5.74, 6) is -1.36. The van der Waals surface area contributed by atoms with Gasteiger partial charge in [-0.1, -0.05) is 11.6 Å². The van der Waals surface area contributed by atoms with Gasteiger partial charge in [0, 0.05) is 19.7 Å². The van der Waals surface area contributed by atoms with Crippen molar-refractivity contribution in [3.05, 3.63) is 28.3 Å². The van der Waals surface area contributed by atoms with E-state index in [0.29, 0.717) is 0 Å². The molecule has 0 aromatic heterocycles. The van der Waals surface area contributed by atoms with E-state index in [-0.39, 0.29) is 16.3 Å². The second kappa shape index (κ2) is 4.57. The van der Waals surface area contributed by atoms with Crippen molar-refractivity contribution in [1.82, 2.24) is 0 Å². The smallest absolute Gasteiger partial charge is 0.149 e. The van der Waals surface area contributed by atoms with Crippen LogP contribution >= 0.6 is 11.6 Å². The predicted octanol–water partition coefficient (Wildman–Crippen LogP) is 3.02. The van der Waals surface area contributed by atoms with Gasteiger partial charge in [-0.2, -0.15) is 0 Å². The zero-order valence-electron chi connectivity index (χ0n) is 8.68. The molecular formula is C10H11ClF2N2. The summed E-state index contributed by atoms with van der Waals surface area (Å²) in [6, 6.07) is 1.18. The summed E-state index contributed by atoms with van der Waals surface area (Å²) in [6.45, 7) is 1.34. The van der Waals surface area contributed by atoms with E-state index >= 15 is 0 Å². The van der Waals surface area contributed by atoms with Gasteiger partial charge in [-0.05, 0) is 13.0 Å². The molecule has 82 valence electrons. The third-order valence-electron chi connectivity index (χ3n) is 2.04. The summed E-state index contributed by atoms with van der Waals surface area (Å²) in [5.41, 5.74) is 0.174. The Bertz CT molecular complexity index is 405. The van der Waals surface area contributed by atoms with E-state index in [1.807, 2.05) is 0 Å². The van der Waals surface area contributed by atoms with Gasteiger partial charge in [-0.15, -0.1) is 0 Å². The predicted molar refractivity (Wildman–Crippen MR) is 58.9 cm³/mol. The van der Waals surface area contributed by atoms with E-state index < -0.39 is 11.6 Å². The summed E-state index contributed by atoms with van der Waals surface area (Å²) in [6.07, 6.45) is 1.43. The van der Waals surface area contributed by atoms with Gasteiger partial charge in [-0.3, -0.25) is 4.99 Å². The van der Waals surface area contributed by atoms with Crippen LogP contribution in [0.1, 0.15) is 5.56 Å². The largest absolute Gasteiger partial charge is 0.334 e. The third kappa shape index (κ3) is 2.26. The van der Waals surface area contributed by atoms with Crippen molar-refractivity contribution in [3.8, 4) is 0 Å². The summed E-state index contributed by atoms with van der Waals surface area (Å²) < 4.78 is 26.7. The van der Waals surface area contributed by atoms with Gasteiger partial charge in [-0.25, -0.2) is 8.78 Å².